The van der Waals surface area contributed by atoms with E-state index in [0.29, 0.717) is 17.5 Å². The highest BCUT2D eigenvalue weighted by Gasteiger charge is 2.26. The number of hydrogen-bond donors (Lipinski definition) is 1. The second-order valence-corrected chi connectivity index (χ2v) is 6.17. The molecule has 0 unspecified atom stereocenters. The Hall–Kier alpha value is -2.96. The minimum Gasteiger partial charge on any atom is -0.461 e. The van der Waals surface area contributed by atoms with E-state index in [4.69, 9.17) is 8.94 Å². The smallest absolute Gasteiger partial charge is 0.249 e. The van der Waals surface area contributed by atoms with Crippen LogP contribution in [0.5, 0.6) is 0 Å². The van der Waals surface area contributed by atoms with Crippen molar-refractivity contribution in [2.75, 3.05) is 0 Å². The van der Waals surface area contributed by atoms with Crippen molar-refractivity contribution in [3.63, 3.8) is 0 Å². The summed E-state index contributed by atoms with van der Waals surface area (Å²) in [6.45, 7) is 4.02. The molecular formula is C19H20FN3O3. The summed E-state index contributed by atoms with van der Waals surface area (Å²) in [4.78, 5) is 16.8. The Bertz CT molecular complexity index is 843. The number of benzene rings is 1. The lowest BCUT2D eigenvalue weighted by Crippen LogP contribution is -2.33. The van der Waals surface area contributed by atoms with Crippen molar-refractivity contribution < 1.29 is 18.1 Å². The molecule has 0 fully saturated rings. The molecule has 2 aromatic heterocycles. The summed E-state index contributed by atoms with van der Waals surface area (Å²) in [5.74, 6) is 0.740. The van der Waals surface area contributed by atoms with Gasteiger partial charge < -0.3 is 14.3 Å². The zero-order valence-electron chi connectivity index (χ0n) is 14.6. The second kappa shape index (κ2) is 7.95. The first-order valence-corrected chi connectivity index (χ1v) is 8.48. The molecule has 0 spiro atoms. The minimum absolute atomic E-state index is 0.0945. The Morgan fingerprint density at radius 3 is 2.69 bits per heavy atom. The topological polar surface area (TPSA) is 81.2 Å². The van der Waals surface area contributed by atoms with Crippen LogP contribution in [0.3, 0.4) is 0 Å². The molecule has 3 aromatic rings. The van der Waals surface area contributed by atoms with Crippen LogP contribution in [-0.2, 0) is 11.2 Å². The van der Waals surface area contributed by atoms with Crippen LogP contribution in [0.25, 0.3) is 11.6 Å². The lowest BCUT2D eigenvalue weighted by atomic mass is 9.98. The molecule has 2 heterocycles. The van der Waals surface area contributed by atoms with Crippen LogP contribution < -0.4 is 5.32 Å². The van der Waals surface area contributed by atoms with Gasteiger partial charge in [-0.25, -0.2) is 4.39 Å². The van der Waals surface area contributed by atoms with Crippen molar-refractivity contribution >= 4 is 5.91 Å². The van der Waals surface area contributed by atoms with Crippen LogP contribution in [0.2, 0.25) is 0 Å². The third-order valence-corrected chi connectivity index (χ3v) is 4.26. The Morgan fingerprint density at radius 2 is 2.04 bits per heavy atom. The highest BCUT2D eigenvalue weighted by molar-refractivity contribution is 5.78. The van der Waals surface area contributed by atoms with E-state index in [2.05, 4.69) is 15.5 Å². The molecule has 1 amide bonds. The summed E-state index contributed by atoms with van der Waals surface area (Å²) in [5, 5.41) is 6.87. The van der Waals surface area contributed by atoms with E-state index in [1.807, 2.05) is 13.8 Å². The number of carbonyl (C=O) groups excluding carboxylic acids is 1. The standard InChI is InChI=1S/C19H20FN3O3/c1-3-12(2)17(19-22-18(23-26-19)15-5-4-10-25-15)21-16(24)11-13-6-8-14(20)9-7-13/h4-10,12,17H,3,11H2,1-2H3,(H,21,24)/t12-,17+/m0/s1. The molecule has 0 aliphatic carbocycles. The third-order valence-electron chi connectivity index (χ3n) is 4.26. The Labute approximate surface area is 150 Å². The van der Waals surface area contributed by atoms with Crippen LogP contribution in [0.1, 0.15) is 37.8 Å². The normalized spacial score (nSPS) is 13.3. The van der Waals surface area contributed by atoms with Crippen molar-refractivity contribution in [3.8, 4) is 11.6 Å². The van der Waals surface area contributed by atoms with Crippen molar-refractivity contribution in [3.05, 3.63) is 59.9 Å². The van der Waals surface area contributed by atoms with E-state index in [1.165, 1.54) is 18.4 Å². The van der Waals surface area contributed by atoms with Gasteiger partial charge in [0.1, 0.15) is 11.9 Å². The molecule has 6 nitrogen and oxygen atoms in total. The van der Waals surface area contributed by atoms with Gasteiger partial charge in [-0.2, -0.15) is 4.98 Å². The average Bonchev–Trinajstić information content (AvgIpc) is 3.32. The van der Waals surface area contributed by atoms with E-state index in [-0.39, 0.29) is 24.1 Å². The van der Waals surface area contributed by atoms with Crippen LogP contribution in [0, 0.1) is 11.7 Å². The first kappa shape index (κ1) is 17.8. The molecule has 136 valence electrons. The lowest BCUT2D eigenvalue weighted by Gasteiger charge is -2.20. The predicted molar refractivity (Wildman–Crippen MR) is 92.4 cm³/mol. The summed E-state index contributed by atoms with van der Waals surface area (Å²) in [6, 6.07) is 8.92. The maximum absolute atomic E-state index is 13.0. The zero-order chi connectivity index (χ0) is 18.5. The fourth-order valence-electron chi connectivity index (χ4n) is 2.56. The van der Waals surface area contributed by atoms with Crippen LogP contribution >= 0.6 is 0 Å². The van der Waals surface area contributed by atoms with Crippen LogP contribution in [0.4, 0.5) is 4.39 Å². The molecule has 0 saturated carbocycles. The van der Waals surface area contributed by atoms with Gasteiger partial charge in [-0.1, -0.05) is 37.6 Å². The summed E-state index contributed by atoms with van der Waals surface area (Å²) < 4.78 is 23.6. The van der Waals surface area contributed by atoms with Gasteiger partial charge >= 0.3 is 0 Å². The summed E-state index contributed by atoms with van der Waals surface area (Å²) in [7, 11) is 0. The van der Waals surface area contributed by atoms with Gasteiger partial charge in [0.05, 0.1) is 12.7 Å². The first-order chi connectivity index (χ1) is 12.6. The Kier molecular flexibility index (Phi) is 5.46. The molecule has 0 aliphatic rings. The van der Waals surface area contributed by atoms with Crippen LogP contribution in [-0.4, -0.2) is 16.0 Å². The predicted octanol–water partition coefficient (Wildman–Crippen LogP) is 3.91. The SMILES string of the molecule is CC[C@H](C)[C@@H](NC(=O)Cc1ccc(F)cc1)c1nc(-c2ccco2)no1. The number of furan rings is 1. The number of amides is 1. The number of hydrogen-bond acceptors (Lipinski definition) is 5. The van der Waals surface area contributed by atoms with Gasteiger partial charge in [-0.15, -0.1) is 0 Å². The largest absolute Gasteiger partial charge is 0.461 e. The van der Waals surface area contributed by atoms with Gasteiger partial charge in [-0.3, -0.25) is 4.79 Å². The maximum atomic E-state index is 13.0. The maximum Gasteiger partial charge on any atom is 0.249 e. The van der Waals surface area contributed by atoms with E-state index in [1.54, 1.807) is 24.3 Å². The Balaban J connectivity index is 1.74. The second-order valence-electron chi connectivity index (χ2n) is 6.17. The highest BCUT2D eigenvalue weighted by atomic mass is 19.1. The lowest BCUT2D eigenvalue weighted by molar-refractivity contribution is -0.121. The monoisotopic (exact) mass is 357 g/mol. The molecule has 0 bridgehead atoms. The fraction of sp³-hybridized carbons (Fsp3) is 0.316. The van der Waals surface area contributed by atoms with Gasteiger partial charge in [0.25, 0.3) is 0 Å². The van der Waals surface area contributed by atoms with Gasteiger partial charge in [0.15, 0.2) is 5.76 Å². The number of aromatic nitrogens is 2. The van der Waals surface area contributed by atoms with E-state index in [9.17, 15) is 9.18 Å². The van der Waals surface area contributed by atoms with E-state index < -0.39 is 6.04 Å². The summed E-state index contributed by atoms with van der Waals surface area (Å²) in [5.41, 5.74) is 0.730. The minimum atomic E-state index is -0.413. The summed E-state index contributed by atoms with van der Waals surface area (Å²) >= 11 is 0. The molecular weight excluding hydrogens is 337 g/mol. The third kappa shape index (κ3) is 4.17. The molecule has 26 heavy (non-hydrogen) atoms. The van der Waals surface area contributed by atoms with Crippen molar-refractivity contribution in [1.82, 2.24) is 15.5 Å². The van der Waals surface area contributed by atoms with Gasteiger partial charge in [0.2, 0.25) is 17.6 Å². The summed E-state index contributed by atoms with van der Waals surface area (Å²) in [6.07, 6.45) is 2.49. The first-order valence-electron chi connectivity index (χ1n) is 8.48. The average molecular weight is 357 g/mol. The van der Waals surface area contributed by atoms with Gasteiger partial charge in [-0.05, 0) is 35.7 Å². The molecule has 2 atom stereocenters. The molecule has 0 saturated heterocycles. The van der Waals surface area contributed by atoms with E-state index in [0.717, 1.165) is 12.0 Å². The molecule has 0 radical (unpaired) electrons. The quantitative estimate of drug-likeness (QED) is 0.693. The highest BCUT2D eigenvalue weighted by Crippen LogP contribution is 2.26. The number of halogens is 1. The van der Waals surface area contributed by atoms with Crippen molar-refractivity contribution in [2.24, 2.45) is 5.92 Å². The fourth-order valence-corrected chi connectivity index (χ4v) is 2.56. The number of nitrogens with one attached hydrogen (secondary N) is 1. The van der Waals surface area contributed by atoms with Crippen molar-refractivity contribution in [2.45, 2.75) is 32.7 Å². The van der Waals surface area contributed by atoms with Crippen LogP contribution in [0.15, 0.2) is 51.6 Å². The van der Waals surface area contributed by atoms with Crippen molar-refractivity contribution in [1.29, 1.82) is 0 Å². The van der Waals surface area contributed by atoms with Gasteiger partial charge in [0, 0.05) is 0 Å². The molecule has 7 heteroatoms. The number of carbonyl (C=O) groups is 1. The molecule has 1 aromatic carbocycles. The Morgan fingerprint density at radius 1 is 1.27 bits per heavy atom. The van der Waals surface area contributed by atoms with E-state index >= 15 is 0 Å². The number of rotatable bonds is 7. The molecule has 1 N–H and O–H groups in total. The number of nitrogens with zero attached hydrogens (tertiary/aromatic N) is 2. The molecule has 3 rings (SSSR count). The zero-order valence-corrected chi connectivity index (χ0v) is 14.6. The molecule has 0 aliphatic heterocycles.